The smallest absolute Gasteiger partial charge is 0.239 e. The van der Waals surface area contributed by atoms with Gasteiger partial charge >= 0.3 is 0 Å². The second-order valence-corrected chi connectivity index (χ2v) is 4.91. The molecule has 3 N–H and O–H groups in total. The molecular formula is C14H16N4O. The molecule has 0 unspecified atom stereocenters. The number of carbonyl (C=O) groups excluding carboxylic acids is 1. The average Bonchev–Trinajstić information content (AvgIpc) is 2.94. The fourth-order valence-electron chi connectivity index (χ4n) is 2.58. The van der Waals surface area contributed by atoms with Crippen molar-refractivity contribution in [3.05, 3.63) is 47.8 Å². The molecule has 1 aromatic carbocycles. The number of rotatable bonds is 4. The van der Waals surface area contributed by atoms with Crippen LogP contribution in [-0.2, 0) is 24.2 Å². The molecule has 0 saturated carbocycles. The van der Waals surface area contributed by atoms with E-state index in [2.05, 4.69) is 34.7 Å². The van der Waals surface area contributed by atoms with E-state index >= 15 is 0 Å². The molecule has 0 fully saturated rings. The first kappa shape index (κ1) is 11.8. The van der Waals surface area contributed by atoms with Crippen LogP contribution in [0.25, 0.3) is 0 Å². The maximum absolute atomic E-state index is 10.8. The van der Waals surface area contributed by atoms with Crippen LogP contribution < -0.4 is 11.1 Å². The molecule has 1 heterocycles. The fraction of sp³-hybridized carbons (Fsp3) is 0.286. The summed E-state index contributed by atoms with van der Waals surface area (Å²) >= 11 is 0. The Morgan fingerprint density at radius 1 is 1.37 bits per heavy atom. The highest BCUT2D eigenvalue weighted by atomic mass is 16.1. The van der Waals surface area contributed by atoms with Gasteiger partial charge in [0.2, 0.25) is 5.91 Å². The van der Waals surface area contributed by atoms with Crippen molar-refractivity contribution >= 4 is 11.6 Å². The minimum Gasteiger partial charge on any atom is -0.379 e. The van der Waals surface area contributed by atoms with Gasteiger partial charge < -0.3 is 11.1 Å². The third-order valence-electron chi connectivity index (χ3n) is 3.37. The Kier molecular flexibility index (Phi) is 2.95. The molecule has 0 aliphatic heterocycles. The molecule has 0 saturated heterocycles. The number of hydrogen-bond acceptors (Lipinski definition) is 3. The molecular weight excluding hydrogens is 240 g/mol. The standard InChI is InChI=1S/C14H16N4O/c15-14(19)9-18-8-13(7-16-18)17-12-5-10-3-1-2-4-11(10)6-12/h1-4,7-8,12,17H,5-6,9H2,(H2,15,19). The normalized spacial score (nSPS) is 14.3. The van der Waals surface area contributed by atoms with Crippen LogP contribution in [0.15, 0.2) is 36.7 Å². The monoisotopic (exact) mass is 256 g/mol. The van der Waals surface area contributed by atoms with Crippen molar-refractivity contribution < 1.29 is 4.79 Å². The first-order chi connectivity index (χ1) is 9.20. The van der Waals surface area contributed by atoms with E-state index in [9.17, 15) is 4.79 Å². The largest absolute Gasteiger partial charge is 0.379 e. The third kappa shape index (κ3) is 2.59. The Balaban J connectivity index is 1.64. The summed E-state index contributed by atoms with van der Waals surface area (Å²) in [6.07, 6.45) is 5.59. The van der Waals surface area contributed by atoms with Crippen LogP contribution in [0.3, 0.4) is 0 Å². The van der Waals surface area contributed by atoms with Crippen molar-refractivity contribution in [1.82, 2.24) is 9.78 Å². The molecule has 0 spiro atoms. The number of aromatic nitrogens is 2. The van der Waals surface area contributed by atoms with Crippen LogP contribution in [0.5, 0.6) is 0 Å². The number of fused-ring (bicyclic) bond motifs is 1. The van der Waals surface area contributed by atoms with Crippen LogP contribution in [0.2, 0.25) is 0 Å². The van der Waals surface area contributed by atoms with Gasteiger partial charge in [0.25, 0.3) is 0 Å². The number of anilines is 1. The highest BCUT2D eigenvalue weighted by Gasteiger charge is 2.20. The number of nitrogens with two attached hydrogens (primary N) is 1. The molecule has 2 aromatic rings. The van der Waals surface area contributed by atoms with Gasteiger partial charge in [0.15, 0.2) is 0 Å². The summed E-state index contributed by atoms with van der Waals surface area (Å²) in [6, 6.07) is 8.89. The first-order valence-electron chi connectivity index (χ1n) is 6.35. The molecule has 1 aliphatic rings. The number of primary amides is 1. The first-order valence-corrected chi connectivity index (χ1v) is 6.35. The number of carbonyl (C=O) groups is 1. The summed E-state index contributed by atoms with van der Waals surface area (Å²) in [5.74, 6) is -0.386. The lowest BCUT2D eigenvalue weighted by molar-refractivity contribution is -0.118. The lowest BCUT2D eigenvalue weighted by Crippen LogP contribution is -2.20. The summed E-state index contributed by atoms with van der Waals surface area (Å²) in [5.41, 5.74) is 8.88. The SMILES string of the molecule is NC(=O)Cn1cc(NC2Cc3ccccc3C2)cn1. The zero-order chi connectivity index (χ0) is 13.2. The van der Waals surface area contributed by atoms with Gasteiger partial charge in [-0.3, -0.25) is 9.48 Å². The molecule has 1 aliphatic carbocycles. The van der Waals surface area contributed by atoms with Crippen molar-refractivity contribution in [2.75, 3.05) is 5.32 Å². The predicted molar refractivity (Wildman–Crippen MR) is 72.7 cm³/mol. The summed E-state index contributed by atoms with van der Waals surface area (Å²) < 4.78 is 1.55. The Morgan fingerprint density at radius 2 is 2.05 bits per heavy atom. The van der Waals surface area contributed by atoms with E-state index in [4.69, 9.17) is 5.73 Å². The maximum Gasteiger partial charge on any atom is 0.239 e. The molecule has 19 heavy (non-hydrogen) atoms. The fourth-order valence-corrected chi connectivity index (χ4v) is 2.58. The predicted octanol–water partition coefficient (Wildman–Crippen LogP) is 0.948. The Hall–Kier alpha value is -2.30. The van der Waals surface area contributed by atoms with Crippen molar-refractivity contribution in [1.29, 1.82) is 0 Å². The minimum atomic E-state index is -0.386. The molecule has 1 aromatic heterocycles. The zero-order valence-corrected chi connectivity index (χ0v) is 10.5. The molecule has 98 valence electrons. The average molecular weight is 256 g/mol. The van der Waals surface area contributed by atoms with Crippen LogP contribution in [0, 0.1) is 0 Å². The van der Waals surface area contributed by atoms with Gasteiger partial charge in [-0.25, -0.2) is 0 Å². The molecule has 0 bridgehead atoms. The second-order valence-electron chi connectivity index (χ2n) is 4.91. The van der Waals surface area contributed by atoms with E-state index in [1.807, 2.05) is 6.20 Å². The van der Waals surface area contributed by atoms with Gasteiger partial charge in [0.05, 0.1) is 11.9 Å². The van der Waals surface area contributed by atoms with Gasteiger partial charge in [-0.15, -0.1) is 0 Å². The third-order valence-corrected chi connectivity index (χ3v) is 3.37. The van der Waals surface area contributed by atoms with E-state index in [0.29, 0.717) is 6.04 Å². The topological polar surface area (TPSA) is 72.9 Å². The van der Waals surface area contributed by atoms with E-state index in [-0.39, 0.29) is 12.5 Å². The number of benzene rings is 1. The van der Waals surface area contributed by atoms with E-state index in [1.54, 1.807) is 10.9 Å². The molecule has 0 atom stereocenters. The molecule has 1 amide bonds. The molecule has 5 nitrogen and oxygen atoms in total. The van der Waals surface area contributed by atoms with Crippen molar-refractivity contribution in [3.8, 4) is 0 Å². The zero-order valence-electron chi connectivity index (χ0n) is 10.5. The van der Waals surface area contributed by atoms with Crippen LogP contribution in [0.4, 0.5) is 5.69 Å². The summed E-state index contributed by atoms with van der Waals surface area (Å²) in [7, 11) is 0. The summed E-state index contributed by atoms with van der Waals surface area (Å²) in [5, 5.41) is 7.55. The number of nitrogens with zero attached hydrogens (tertiary/aromatic N) is 2. The molecule has 0 radical (unpaired) electrons. The van der Waals surface area contributed by atoms with Crippen LogP contribution >= 0.6 is 0 Å². The highest BCUT2D eigenvalue weighted by molar-refractivity contribution is 5.73. The number of amides is 1. The van der Waals surface area contributed by atoms with Gasteiger partial charge in [-0.1, -0.05) is 24.3 Å². The van der Waals surface area contributed by atoms with Gasteiger partial charge in [0, 0.05) is 12.2 Å². The van der Waals surface area contributed by atoms with E-state index < -0.39 is 0 Å². The number of nitrogens with one attached hydrogen (secondary N) is 1. The summed E-state index contributed by atoms with van der Waals surface area (Å²) in [4.78, 5) is 10.8. The summed E-state index contributed by atoms with van der Waals surface area (Å²) in [6.45, 7) is 0.118. The van der Waals surface area contributed by atoms with Gasteiger partial charge in [0.1, 0.15) is 6.54 Å². The highest BCUT2D eigenvalue weighted by Crippen LogP contribution is 2.24. The second kappa shape index (κ2) is 4.76. The van der Waals surface area contributed by atoms with Crippen LogP contribution in [-0.4, -0.2) is 21.7 Å². The van der Waals surface area contributed by atoms with Crippen molar-refractivity contribution in [3.63, 3.8) is 0 Å². The molecule has 3 rings (SSSR count). The van der Waals surface area contributed by atoms with Gasteiger partial charge in [-0.2, -0.15) is 5.10 Å². The maximum atomic E-state index is 10.8. The Labute approximate surface area is 111 Å². The Morgan fingerprint density at radius 3 is 2.68 bits per heavy atom. The Bertz CT molecular complexity index is 580. The lowest BCUT2D eigenvalue weighted by atomic mass is 10.1. The minimum absolute atomic E-state index is 0.118. The van der Waals surface area contributed by atoms with Crippen LogP contribution in [0.1, 0.15) is 11.1 Å². The number of hydrogen-bond donors (Lipinski definition) is 2. The van der Waals surface area contributed by atoms with E-state index in [0.717, 1.165) is 18.5 Å². The van der Waals surface area contributed by atoms with E-state index in [1.165, 1.54) is 11.1 Å². The van der Waals surface area contributed by atoms with Crippen molar-refractivity contribution in [2.45, 2.75) is 25.4 Å². The van der Waals surface area contributed by atoms with Gasteiger partial charge in [-0.05, 0) is 24.0 Å². The lowest BCUT2D eigenvalue weighted by Gasteiger charge is -2.10. The molecule has 5 heteroatoms. The quantitative estimate of drug-likeness (QED) is 0.855. The van der Waals surface area contributed by atoms with Crippen molar-refractivity contribution in [2.24, 2.45) is 5.73 Å².